The van der Waals surface area contributed by atoms with Crippen molar-refractivity contribution >= 4 is 11.6 Å². The molecule has 1 aliphatic heterocycles. The van der Waals surface area contributed by atoms with Crippen LogP contribution in [-0.2, 0) is 0 Å². The molecule has 1 aliphatic rings. The van der Waals surface area contributed by atoms with Crippen LogP contribution in [-0.4, -0.2) is 29.2 Å². The third-order valence-corrected chi connectivity index (χ3v) is 2.28. The van der Waals surface area contributed by atoms with E-state index in [1.54, 1.807) is 6.07 Å². The smallest absolute Gasteiger partial charge is 0.318 e. The van der Waals surface area contributed by atoms with Crippen molar-refractivity contribution in [3.63, 3.8) is 0 Å². The van der Waals surface area contributed by atoms with Crippen LogP contribution in [0.4, 0.5) is 0 Å². The van der Waals surface area contributed by atoms with Crippen molar-refractivity contribution in [2.45, 2.75) is 19.4 Å². The monoisotopic (exact) mass is 213 g/mol. The zero-order valence-corrected chi connectivity index (χ0v) is 8.71. The number of nitrogens with zero attached hydrogens (tertiary/aromatic N) is 2. The van der Waals surface area contributed by atoms with Gasteiger partial charge in [0.1, 0.15) is 11.3 Å². The van der Waals surface area contributed by atoms with E-state index in [1.807, 2.05) is 6.92 Å². The molecule has 1 saturated heterocycles. The van der Waals surface area contributed by atoms with Gasteiger partial charge in [-0.2, -0.15) is 4.98 Å². The van der Waals surface area contributed by atoms with Crippen molar-refractivity contribution in [2.75, 3.05) is 13.1 Å². The number of hydrogen-bond acceptors (Lipinski definition) is 4. The third kappa shape index (κ3) is 2.33. The van der Waals surface area contributed by atoms with Crippen LogP contribution in [0.15, 0.2) is 6.07 Å². The maximum atomic E-state index is 5.79. The van der Waals surface area contributed by atoms with Gasteiger partial charge in [-0.25, -0.2) is 4.98 Å². The van der Waals surface area contributed by atoms with Crippen molar-refractivity contribution in [1.82, 2.24) is 15.3 Å². The second-order valence-corrected chi connectivity index (χ2v) is 3.73. The van der Waals surface area contributed by atoms with Gasteiger partial charge in [-0.05, 0) is 26.0 Å². The molecule has 0 radical (unpaired) electrons. The summed E-state index contributed by atoms with van der Waals surface area (Å²) in [5.74, 6) is 0. The van der Waals surface area contributed by atoms with E-state index in [9.17, 15) is 0 Å². The average Bonchev–Trinajstić information content (AvgIpc) is 2.54. The van der Waals surface area contributed by atoms with Gasteiger partial charge in [0, 0.05) is 12.2 Å². The summed E-state index contributed by atoms with van der Waals surface area (Å²) in [5.41, 5.74) is 0.825. The molecule has 0 spiro atoms. The molecular formula is C9H12ClN3O. The Hall–Kier alpha value is -0.870. The molecule has 0 aromatic carbocycles. The average molecular weight is 214 g/mol. The first kappa shape index (κ1) is 9.68. The van der Waals surface area contributed by atoms with E-state index in [0.717, 1.165) is 25.2 Å². The number of rotatable bonds is 2. The lowest BCUT2D eigenvalue weighted by Gasteiger charge is -2.10. The van der Waals surface area contributed by atoms with Crippen molar-refractivity contribution in [3.8, 4) is 6.01 Å². The zero-order chi connectivity index (χ0) is 9.97. The Morgan fingerprint density at radius 2 is 2.43 bits per heavy atom. The molecule has 0 saturated carbocycles. The van der Waals surface area contributed by atoms with Crippen molar-refractivity contribution in [3.05, 3.63) is 16.9 Å². The van der Waals surface area contributed by atoms with E-state index in [4.69, 9.17) is 16.3 Å². The first-order valence-electron chi connectivity index (χ1n) is 4.62. The molecule has 0 bridgehead atoms. The van der Waals surface area contributed by atoms with Crippen molar-refractivity contribution < 1.29 is 4.74 Å². The summed E-state index contributed by atoms with van der Waals surface area (Å²) in [4.78, 5) is 8.15. The lowest BCUT2D eigenvalue weighted by atomic mass is 10.3. The topological polar surface area (TPSA) is 47.0 Å². The Bertz CT molecular complexity index is 306. The molecule has 1 N–H and O–H groups in total. The third-order valence-electron chi connectivity index (χ3n) is 2.09. The van der Waals surface area contributed by atoms with Crippen LogP contribution in [0.1, 0.15) is 12.1 Å². The minimum absolute atomic E-state index is 0.174. The fourth-order valence-corrected chi connectivity index (χ4v) is 1.66. The normalized spacial score (nSPS) is 21.1. The molecule has 14 heavy (non-hydrogen) atoms. The van der Waals surface area contributed by atoms with Gasteiger partial charge >= 0.3 is 6.01 Å². The first-order valence-corrected chi connectivity index (χ1v) is 5.00. The molecule has 2 rings (SSSR count). The molecule has 1 aromatic rings. The van der Waals surface area contributed by atoms with E-state index in [1.165, 1.54) is 0 Å². The fraction of sp³-hybridized carbons (Fsp3) is 0.556. The summed E-state index contributed by atoms with van der Waals surface area (Å²) in [6.45, 7) is 3.71. The summed E-state index contributed by atoms with van der Waals surface area (Å²) in [5, 5.41) is 3.64. The molecule has 1 aromatic heterocycles. The molecule has 0 unspecified atom stereocenters. The van der Waals surface area contributed by atoms with Crippen LogP contribution in [0.2, 0.25) is 5.15 Å². The van der Waals surface area contributed by atoms with Crippen LogP contribution in [0.5, 0.6) is 6.01 Å². The molecule has 1 atom stereocenters. The molecule has 5 heteroatoms. The molecule has 2 heterocycles. The highest BCUT2D eigenvalue weighted by atomic mass is 35.5. The molecule has 0 amide bonds. The van der Waals surface area contributed by atoms with E-state index in [2.05, 4.69) is 15.3 Å². The minimum atomic E-state index is 0.174. The highest BCUT2D eigenvalue weighted by Gasteiger charge is 2.17. The zero-order valence-electron chi connectivity index (χ0n) is 7.96. The summed E-state index contributed by atoms with van der Waals surface area (Å²) < 4.78 is 5.57. The number of ether oxygens (including phenoxy) is 1. The van der Waals surface area contributed by atoms with Gasteiger partial charge in [-0.1, -0.05) is 11.6 Å². The highest BCUT2D eigenvalue weighted by Crippen LogP contribution is 2.14. The summed E-state index contributed by atoms with van der Waals surface area (Å²) in [6, 6.07) is 2.09. The molecular weight excluding hydrogens is 202 g/mol. The second kappa shape index (κ2) is 4.11. The van der Waals surface area contributed by atoms with Crippen LogP contribution in [0.25, 0.3) is 0 Å². The van der Waals surface area contributed by atoms with Crippen LogP contribution < -0.4 is 10.1 Å². The standard InChI is InChI=1S/C9H12ClN3O/c1-6-4-8(10)13-9(12-6)14-7-2-3-11-5-7/h4,7,11H,2-3,5H2,1H3/t7-/m0/s1. The molecule has 76 valence electrons. The Kier molecular flexibility index (Phi) is 2.84. The number of nitrogens with one attached hydrogen (secondary N) is 1. The molecule has 0 aliphatic carbocycles. The SMILES string of the molecule is Cc1cc(Cl)nc(O[C@H]2CCNC2)n1. The summed E-state index contributed by atoms with van der Waals surface area (Å²) in [7, 11) is 0. The van der Waals surface area contributed by atoms with Gasteiger partial charge in [0.05, 0.1) is 0 Å². The molecule has 4 nitrogen and oxygen atoms in total. The second-order valence-electron chi connectivity index (χ2n) is 3.35. The maximum Gasteiger partial charge on any atom is 0.318 e. The lowest BCUT2D eigenvalue weighted by Crippen LogP contribution is -2.20. The summed E-state index contributed by atoms with van der Waals surface area (Å²) in [6.07, 6.45) is 1.17. The maximum absolute atomic E-state index is 5.79. The van der Waals surface area contributed by atoms with Crippen LogP contribution in [0, 0.1) is 6.92 Å². The van der Waals surface area contributed by atoms with E-state index in [-0.39, 0.29) is 6.10 Å². The van der Waals surface area contributed by atoms with Gasteiger partial charge in [0.15, 0.2) is 0 Å². The number of aromatic nitrogens is 2. The Balaban J connectivity index is 2.07. The summed E-state index contributed by atoms with van der Waals surface area (Å²) >= 11 is 5.79. The Morgan fingerprint density at radius 3 is 3.07 bits per heavy atom. The Morgan fingerprint density at radius 1 is 1.57 bits per heavy atom. The number of hydrogen-bond donors (Lipinski definition) is 1. The van der Waals surface area contributed by atoms with Gasteiger partial charge in [-0.3, -0.25) is 0 Å². The van der Waals surface area contributed by atoms with Crippen LogP contribution in [0.3, 0.4) is 0 Å². The van der Waals surface area contributed by atoms with Crippen molar-refractivity contribution in [1.29, 1.82) is 0 Å². The van der Waals surface area contributed by atoms with Gasteiger partial charge in [-0.15, -0.1) is 0 Å². The predicted molar refractivity (Wildman–Crippen MR) is 53.7 cm³/mol. The van der Waals surface area contributed by atoms with Gasteiger partial charge in [0.25, 0.3) is 0 Å². The van der Waals surface area contributed by atoms with Crippen LogP contribution >= 0.6 is 11.6 Å². The minimum Gasteiger partial charge on any atom is -0.459 e. The van der Waals surface area contributed by atoms with E-state index < -0.39 is 0 Å². The number of halogens is 1. The van der Waals surface area contributed by atoms with Gasteiger partial charge < -0.3 is 10.1 Å². The van der Waals surface area contributed by atoms with Crippen molar-refractivity contribution in [2.24, 2.45) is 0 Å². The molecule has 1 fully saturated rings. The quantitative estimate of drug-likeness (QED) is 0.750. The van der Waals surface area contributed by atoms with E-state index in [0.29, 0.717) is 11.2 Å². The fourth-order valence-electron chi connectivity index (χ4n) is 1.43. The van der Waals surface area contributed by atoms with Gasteiger partial charge in [0.2, 0.25) is 0 Å². The van der Waals surface area contributed by atoms with E-state index >= 15 is 0 Å². The largest absolute Gasteiger partial charge is 0.459 e. The highest BCUT2D eigenvalue weighted by molar-refractivity contribution is 6.29. The Labute approximate surface area is 87.7 Å². The number of aryl methyl sites for hydroxylation is 1. The lowest BCUT2D eigenvalue weighted by molar-refractivity contribution is 0.204. The first-order chi connectivity index (χ1) is 6.74. The predicted octanol–water partition coefficient (Wildman–Crippen LogP) is 1.18.